The van der Waals surface area contributed by atoms with Gasteiger partial charge in [0.15, 0.2) is 6.10 Å². The van der Waals surface area contributed by atoms with Crippen molar-refractivity contribution in [1.82, 2.24) is 4.90 Å². The normalized spacial score (nSPS) is 33.1. The summed E-state index contributed by atoms with van der Waals surface area (Å²) in [5.41, 5.74) is 0. The molecule has 2 aliphatic rings. The molecule has 2 aliphatic heterocycles. The molecule has 2 fully saturated rings. The van der Waals surface area contributed by atoms with Crippen LogP contribution in [0.5, 0.6) is 0 Å². The van der Waals surface area contributed by atoms with E-state index in [4.69, 9.17) is 14.6 Å². The van der Waals surface area contributed by atoms with Gasteiger partial charge < -0.3 is 14.6 Å². The first kappa shape index (κ1) is 10.9. The Morgan fingerprint density at radius 3 is 3.00 bits per heavy atom. The van der Waals surface area contributed by atoms with Crippen molar-refractivity contribution in [3.63, 3.8) is 0 Å². The summed E-state index contributed by atoms with van der Waals surface area (Å²) in [4.78, 5) is 12.9. The Morgan fingerprint density at radius 1 is 1.47 bits per heavy atom. The molecule has 0 bridgehead atoms. The lowest BCUT2D eigenvalue weighted by atomic mass is 10.1. The lowest BCUT2D eigenvalue weighted by Crippen LogP contribution is -2.47. The van der Waals surface area contributed by atoms with E-state index in [1.807, 2.05) is 0 Å². The predicted octanol–water partition coefficient (Wildman–Crippen LogP) is -0.192. The Hall–Kier alpha value is -0.650. The fourth-order valence-electron chi connectivity index (χ4n) is 2.11. The molecule has 2 atom stereocenters. The van der Waals surface area contributed by atoms with Crippen LogP contribution < -0.4 is 0 Å². The lowest BCUT2D eigenvalue weighted by molar-refractivity contribution is -0.156. The molecule has 0 amide bonds. The standard InChI is InChI=1S/C10H17NO4/c12-10(13)9-6-11(2-4-15-9)5-8-1-3-14-7-8/h8-9H,1-7H2,(H,12,13). The summed E-state index contributed by atoms with van der Waals surface area (Å²) < 4.78 is 10.5. The van der Waals surface area contributed by atoms with Gasteiger partial charge in [0.25, 0.3) is 0 Å². The Bertz CT molecular complexity index is 227. The third-order valence-corrected chi connectivity index (χ3v) is 2.97. The average Bonchev–Trinajstić information content (AvgIpc) is 2.71. The first-order valence-electron chi connectivity index (χ1n) is 5.40. The SMILES string of the molecule is O=C(O)C1CN(CC2CCOC2)CCO1. The maximum atomic E-state index is 10.8. The van der Waals surface area contributed by atoms with Gasteiger partial charge in [-0.05, 0) is 12.3 Å². The van der Waals surface area contributed by atoms with Crippen LogP contribution in [0.2, 0.25) is 0 Å². The van der Waals surface area contributed by atoms with Crippen molar-refractivity contribution in [3.05, 3.63) is 0 Å². The Labute approximate surface area is 89.0 Å². The van der Waals surface area contributed by atoms with Gasteiger partial charge in [-0.1, -0.05) is 0 Å². The van der Waals surface area contributed by atoms with Crippen molar-refractivity contribution in [2.24, 2.45) is 5.92 Å². The van der Waals surface area contributed by atoms with E-state index < -0.39 is 12.1 Å². The fraction of sp³-hybridized carbons (Fsp3) is 0.900. The smallest absolute Gasteiger partial charge is 0.334 e. The van der Waals surface area contributed by atoms with Gasteiger partial charge in [-0.2, -0.15) is 0 Å². The molecule has 86 valence electrons. The highest BCUT2D eigenvalue weighted by molar-refractivity contribution is 5.72. The summed E-state index contributed by atoms with van der Waals surface area (Å²) in [5.74, 6) is -0.292. The molecule has 0 aromatic heterocycles. The second-order valence-electron chi connectivity index (χ2n) is 4.19. The van der Waals surface area contributed by atoms with Crippen LogP contribution in [-0.2, 0) is 14.3 Å². The highest BCUT2D eigenvalue weighted by Crippen LogP contribution is 2.15. The van der Waals surface area contributed by atoms with Gasteiger partial charge >= 0.3 is 5.97 Å². The van der Waals surface area contributed by atoms with Crippen LogP contribution in [0.4, 0.5) is 0 Å². The highest BCUT2D eigenvalue weighted by atomic mass is 16.5. The molecule has 2 saturated heterocycles. The third kappa shape index (κ3) is 2.90. The minimum absolute atomic E-state index is 0.506. The van der Waals surface area contributed by atoms with Crippen LogP contribution in [0.15, 0.2) is 0 Å². The Morgan fingerprint density at radius 2 is 2.33 bits per heavy atom. The molecule has 5 heteroatoms. The molecule has 0 aliphatic carbocycles. The first-order valence-corrected chi connectivity index (χ1v) is 5.40. The zero-order valence-corrected chi connectivity index (χ0v) is 8.72. The molecule has 1 N–H and O–H groups in total. The number of ether oxygens (including phenoxy) is 2. The van der Waals surface area contributed by atoms with Crippen LogP contribution in [0.3, 0.4) is 0 Å². The zero-order valence-electron chi connectivity index (χ0n) is 8.72. The summed E-state index contributed by atoms with van der Waals surface area (Å²) >= 11 is 0. The van der Waals surface area contributed by atoms with Crippen molar-refractivity contribution in [2.45, 2.75) is 12.5 Å². The number of carboxylic acid groups (broad SMARTS) is 1. The van der Waals surface area contributed by atoms with E-state index in [2.05, 4.69) is 4.90 Å². The van der Waals surface area contributed by atoms with E-state index >= 15 is 0 Å². The van der Waals surface area contributed by atoms with Gasteiger partial charge in [-0.3, -0.25) is 4.90 Å². The van der Waals surface area contributed by atoms with Crippen molar-refractivity contribution < 1.29 is 19.4 Å². The minimum atomic E-state index is -0.859. The average molecular weight is 215 g/mol. The van der Waals surface area contributed by atoms with E-state index in [0.29, 0.717) is 19.1 Å². The van der Waals surface area contributed by atoms with Crippen molar-refractivity contribution >= 4 is 5.97 Å². The van der Waals surface area contributed by atoms with E-state index in [-0.39, 0.29) is 0 Å². The molecular formula is C10H17NO4. The molecule has 0 aromatic rings. The summed E-state index contributed by atoms with van der Waals surface area (Å²) in [6.45, 7) is 4.45. The van der Waals surface area contributed by atoms with Gasteiger partial charge in [-0.15, -0.1) is 0 Å². The van der Waals surface area contributed by atoms with Crippen molar-refractivity contribution in [3.8, 4) is 0 Å². The Balaban J connectivity index is 1.79. The van der Waals surface area contributed by atoms with E-state index in [1.165, 1.54) is 0 Å². The number of carboxylic acids is 1. The van der Waals surface area contributed by atoms with Gasteiger partial charge in [-0.25, -0.2) is 4.79 Å². The summed E-state index contributed by atoms with van der Waals surface area (Å²) in [7, 11) is 0. The van der Waals surface area contributed by atoms with Crippen LogP contribution in [0, 0.1) is 5.92 Å². The highest BCUT2D eigenvalue weighted by Gasteiger charge is 2.28. The number of rotatable bonds is 3. The van der Waals surface area contributed by atoms with Crippen LogP contribution >= 0.6 is 0 Å². The van der Waals surface area contributed by atoms with Gasteiger partial charge in [0.1, 0.15) is 0 Å². The molecular weight excluding hydrogens is 198 g/mol. The fourth-order valence-corrected chi connectivity index (χ4v) is 2.11. The number of hydrogen-bond donors (Lipinski definition) is 1. The quantitative estimate of drug-likeness (QED) is 0.707. The zero-order chi connectivity index (χ0) is 10.7. The monoisotopic (exact) mass is 215 g/mol. The van der Waals surface area contributed by atoms with Crippen LogP contribution in [-0.4, -0.2) is 61.5 Å². The number of morpholine rings is 1. The van der Waals surface area contributed by atoms with Crippen molar-refractivity contribution in [1.29, 1.82) is 0 Å². The molecule has 2 rings (SSSR count). The Kier molecular flexibility index (Phi) is 3.56. The molecule has 0 saturated carbocycles. The summed E-state index contributed by atoms with van der Waals surface area (Å²) in [5, 5.41) is 8.84. The number of carbonyl (C=O) groups is 1. The van der Waals surface area contributed by atoms with E-state index in [0.717, 1.165) is 32.7 Å². The first-order chi connectivity index (χ1) is 7.25. The molecule has 5 nitrogen and oxygen atoms in total. The van der Waals surface area contributed by atoms with Gasteiger partial charge in [0.05, 0.1) is 13.2 Å². The maximum absolute atomic E-state index is 10.8. The molecule has 2 unspecified atom stereocenters. The number of hydrogen-bond acceptors (Lipinski definition) is 4. The summed E-state index contributed by atoms with van der Waals surface area (Å²) in [6.07, 6.45) is 0.441. The third-order valence-electron chi connectivity index (χ3n) is 2.97. The molecule has 0 aromatic carbocycles. The number of aliphatic carboxylic acids is 1. The topological polar surface area (TPSA) is 59.0 Å². The largest absolute Gasteiger partial charge is 0.479 e. The minimum Gasteiger partial charge on any atom is -0.479 e. The molecule has 2 heterocycles. The van der Waals surface area contributed by atoms with Crippen LogP contribution in [0.1, 0.15) is 6.42 Å². The second kappa shape index (κ2) is 4.92. The lowest BCUT2D eigenvalue weighted by Gasteiger charge is -2.32. The molecule has 0 spiro atoms. The van der Waals surface area contributed by atoms with Gasteiger partial charge in [0.2, 0.25) is 0 Å². The van der Waals surface area contributed by atoms with Crippen LogP contribution in [0.25, 0.3) is 0 Å². The predicted molar refractivity (Wildman–Crippen MR) is 52.7 cm³/mol. The van der Waals surface area contributed by atoms with E-state index in [1.54, 1.807) is 0 Å². The van der Waals surface area contributed by atoms with Gasteiger partial charge in [0, 0.05) is 26.2 Å². The van der Waals surface area contributed by atoms with Crippen molar-refractivity contribution in [2.75, 3.05) is 39.5 Å². The molecule has 15 heavy (non-hydrogen) atoms. The second-order valence-corrected chi connectivity index (χ2v) is 4.19. The summed E-state index contributed by atoms with van der Waals surface area (Å²) in [6, 6.07) is 0. The maximum Gasteiger partial charge on any atom is 0.334 e. The number of nitrogens with zero attached hydrogens (tertiary/aromatic N) is 1. The van der Waals surface area contributed by atoms with E-state index in [9.17, 15) is 4.79 Å². The molecule has 0 radical (unpaired) electrons.